The number of hydrogen-bond donors (Lipinski definition) is 1. The first-order valence-electron chi connectivity index (χ1n) is 8.24. The van der Waals surface area contributed by atoms with E-state index < -0.39 is 6.10 Å². The number of hydrogen-bond acceptors (Lipinski definition) is 4. The molecule has 2 aromatic carbocycles. The van der Waals surface area contributed by atoms with Gasteiger partial charge in [-0.05, 0) is 37.2 Å². The van der Waals surface area contributed by atoms with Crippen molar-refractivity contribution in [2.45, 2.75) is 25.7 Å². The second kappa shape index (κ2) is 9.42. The maximum Gasteiger partial charge on any atom is 0.118 e. The number of nitrogens with zero attached hydrogens (tertiary/aromatic N) is 1. The second-order valence-corrected chi connectivity index (χ2v) is 6.04. The van der Waals surface area contributed by atoms with E-state index >= 15 is 0 Å². The highest BCUT2D eigenvalue weighted by Gasteiger charge is 2.15. The van der Waals surface area contributed by atoms with Gasteiger partial charge in [-0.15, -0.1) is 0 Å². The molecule has 0 radical (unpaired) electrons. The summed E-state index contributed by atoms with van der Waals surface area (Å²) >= 11 is 0. The fraction of sp³-hybridized carbons (Fsp3) is 0.400. The topological polar surface area (TPSA) is 41.9 Å². The van der Waals surface area contributed by atoms with Crippen molar-refractivity contribution in [2.24, 2.45) is 0 Å². The van der Waals surface area contributed by atoms with Crippen LogP contribution in [-0.4, -0.2) is 43.4 Å². The lowest BCUT2D eigenvalue weighted by molar-refractivity contribution is 0.00852. The molecule has 0 fully saturated rings. The first kappa shape index (κ1) is 18.5. The Kier molecular flexibility index (Phi) is 7.25. The lowest BCUT2D eigenvalue weighted by Crippen LogP contribution is -2.33. The Morgan fingerprint density at radius 2 is 1.71 bits per heavy atom. The molecular weight excluding hydrogens is 302 g/mol. The largest absolute Gasteiger partial charge is 0.497 e. The van der Waals surface area contributed by atoms with Gasteiger partial charge in [-0.25, -0.2) is 0 Å². The van der Waals surface area contributed by atoms with Gasteiger partial charge in [0, 0.05) is 12.6 Å². The molecule has 0 heterocycles. The predicted molar refractivity (Wildman–Crippen MR) is 96.1 cm³/mol. The zero-order chi connectivity index (χ0) is 17.4. The Morgan fingerprint density at radius 3 is 2.33 bits per heavy atom. The second-order valence-electron chi connectivity index (χ2n) is 6.04. The van der Waals surface area contributed by atoms with Crippen molar-refractivity contribution < 1.29 is 14.6 Å². The molecule has 0 aromatic heterocycles. The molecule has 0 saturated heterocycles. The molecule has 0 aliphatic carbocycles. The Hall–Kier alpha value is -1.88. The molecule has 0 spiro atoms. The van der Waals surface area contributed by atoms with Crippen molar-refractivity contribution in [1.82, 2.24) is 4.90 Å². The molecule has 0 saturated carbocycles. The van der Waals surface area contributed by atoms with Crippen LogP contribution in [0.1, 0.15) is 24.1 Å². The minimum atomic E-state index is -0.514. The minimum absolute atomic E-state index is 0.252. The van der Waals surface area contributed by atoms with Gasteiger partial charge < -0.3 is 14.6 Å². The lowest BCUT2D eigenvalue weighted by Gasteiger charge is -2.27. The molecule has 0 amide bonds. The van der Waals surface area contributed by atoms with Gasteiger partial charge in [-0.3, -0.25) is 4.90 Å². The highest BCUT2D eigenvalue weighted by Crippen LogP contribution is 2.18. The minimum Gasteiger partial charge on any atom is -0.497 e. The molecule has 4 heteroatoms. The molecule has 24 heavy (non-hydrogen) atoms. The molecule has 2 aromatic rings. The summed E-state index contributed by atoms with van der Waals surface area (Å²) < 4.78 is 10.8. The van der Waals surface area contributed by atoms with Crippen molar-refractivity contribution in [1.29, 1.82) is 0 Å². The summed E-state index contributed by atoms with van der Waals surface area (Å²) in [6.45, 7) is 3.51. The van der Waals surface area contributed by atoms with Crippen LogP contribution in [0.15, 0.2) is 54.6 Å². The normalized spacial score (nSPS) is 13.7. The molecule has 2 rings (SSSR count). The third kappa shape index (κ3) is 5.64. The van der Waals surface area contributed by atoms with Crippen molar-refractivity contribution in [3.05, 3.63) is 65.7 Å². The van der Waals surface area contributed by atoms with Crippen molar-refractivity contribution in [2.75, 3.05) is 27.3 Å². The zero-order valence-electron chi connectivity index (χ0n) is 14.7. The summed E-state index contributed by atoms with van der Waals surface area (Å²) in [5, 5.41) is 10.2. The van der Waals surface area contributed by atoms with Crippen molar-refractivity contribution >= 4 is 0 Å². The average Bonchev–Trinajstić information content (AvgIpc) is 2.62. The predicted octanol–water partition coefficient (Wildman–Crippen LogP) is 3.27. The molecule has 130 valence electrons. The fourth-order valence-corrected chi connectivity index (χ4v) is 2.56. The van der Waals surface area contributed by atoms with Crippen LogP contribution < -0.4 is 4.74 Å². The van der Waals surface area contributed by atoms with E-state index in [4.69, 9.17) is 9.47 Å². The number of benzene rings is 2. The van der Waals surface area contributed by atoms with Crippen LogP contribution in [0, 0.1) is 0 Å². The van der Waals surface area contributed by atoms with E-state index in [9.17, 15) is 5.11 Å². The quantitative estimate of drug-likeness (QED) is 0.767. The molecule has 4 nitrogen and oxygen atoms in total. The number of aliphatic hydroxyl groups excluding tert-OH is 1. The van der Waals surface area contributed by atoms with Gasteiger partial charge in [-0.1, -0.05) is 42.5 Å². The summed E-state index contributed by atoms with van der Waals surface area (Å²) in [4.78, 5) is 2.14. The number of rotatable bonds is 9. The number of aliphatic hydroxyl groups is 1. The Labute approximate surface area is 144 Å². The van der Waals surface area contributed by atoms with Gasteiger partial charge in [0.15, 0.2) is 0 Å². The highest BCUT2D eigenvalue weighted by molar-refractivity contribution is 5.26. The number of ether oxygens (including phenoxy) is 2. The van der Waals surface area contributed by atoms with Crippen LogP contribution in [0.25, 0.3) is 0 Å². The summed E-state index contributed by atoms with van der Waals surface area (Å²) in [6.07, 6.45) is -0.514. The van der Waals surface area contributed by atoms with E-state index in [0.29, 0.717) is 19.8 Å². The highest BCUT2D eigenvalue weighted by atomic mass is 16.5. The number of likely N-dealkylation sites (N-methyl/N-ethyl adjacent to an activating group) is 1. The smallest absolute Gasteiger partial charge is 0.118 e. The van der Waals surface area contributed by atoms with Gasteiger partial charge in [0.2, 0.25) is 0 Å². The van der Waals surface area contributed by atoms with Gasteiger partial charge in [-0.2, -0.15) is 0 Å². The standard InChI is InChI=1S/C20H27NO3/c1-16(18-7-5-4-6-8-18)21(2)13-19(22)15-24-14-17-9-11-20(23-3)12-10-17/h4-12,16,19,22H,13-15H2,1-3H3/t16-,19+/m0/s1. The molecule has 0 unspecified atom stereocenters. The van der Waals surface area contributed by atoms with Gasteiger partial charge in [0.25, 0.3) is 0 Å². The van der Waals surface area contributed by atoms with Gasteiger partial charge >= 0.3 is 0 Å². The van der Waals surface area contributed by atoms with Gasteiger partial charge in [0.05, 0.1) is 26.4 Å². The monoisotopic (exact) mass is 329 g/mol. The lowest BCUT2D eigenvalue weighted by atomic mass is 10.1. The first-order chi connectivity index (χ1) is 11.6. The summed E-state index contributed by atoms with van der Waals surface area (Å²) in [6, 6.07) is 18.3. The molecular formula is C20H27NO3. The Balaban J connectivity index is 1.73. The molecule has 2 atom stereocenters. The van der Waals surface area contributed by atoms with Gasteiger partial charge in [0.1, 0.15) is 5.75 Å². The fourth-order valence-electron chi connectivity index (χ4n) is 2.56. The maximum atomic E-state index is 10.2. The average molecular weight is 329 g/mol. The SMILES string of the molecule is COc1ccc(COC[C@H](O)CN(C)[C@@H](C)c2ccccc2)cc1. The maximum absolute atomic E-state index is 10.2. The van der Waals surface area contributed by atoms with Crippen LogP contribution in [0.5, 0.6) is 5.75 Å². The Bertz CT molecular complexity index is 586. The third-order valence-corrected chi connectivity index (χ3v) is 4.18. The van der Waals surface area contributed by atoms with E-state index in [0.717, 1.165) is 11.3 Å². The Morgan fingerprint density at radius 1 is 1.04 bits per heavy atom. The van der Waals surface area contributed by atoms with Crippen molar-refractivity contribution in [3.8, 4) is 5.75 Å². The van der Waals surface area contributed by atoms with Crippen molar-refractivity contribution in [3.63, 3.8) is 0 Å². The molecule has 0 aliphatic rings. The van der Waals surface area contributed by atoms with Crippen LogP contribution >= 0.6 is 0 Å². The summed E-state index contributed by atoms with van der Waals surface area (Å²) in [5.74, 6) is 0.829. The first-order valence-corrected chi connectivity index (χ1v) is 8.24. The van der Waals surface area contributed by atoms with Crippen LogP contribution in [-0.2, 0) is 11.3 Å². The van der Waals surface area contributed by atoms with E-state index in [1.54, 1.807) is 7.11 Å². The third-order valence-electron chi connectivity index (χ3n) is 4.18. The molecule has 0 bridgehead atoms. The van der Waals surface area contributed by atoms with E-state index in [1.807, 2.05) is 49.5 Å². The molecule has 0 aliphatic heterocycles. The van der Waals surface area contributed by atoms with E-state index in [2.05, 4.69) is 24.0 Å². The summed E-state index contributed by atoms with van der Waals surface area (Å²) in [5.41, 5.74) is 2.31. The van der Waals surface area contributed by atoms with Crippen LogP contribution in [0.3, 0.4) is 0 Å². The van der Waals surface area contributed by atoms with E-state index in [-0.39, 0.29) is 6.04 Å². The summed E-state index contributed by atoms with van der Waals surface area (Å²) in [7, 11) is 3.67. The zero-order valence-corrected chi connectivity index (χ0v) is 14.7. The molecule has 1 N–H and O–H groups in total. The van der Waals surface area contributed by atoms with E-state index in [1.165, 1.54) is 5.56 Å². The van der Waals surface area contributed by atoms with Crippen LogP contribution in [0.4, 0.5) is 0 Å². The van der Waals surface area contributed by atoms with Crippen LogP contribution in [0.2, 0.25) is 0 Å². The number of methoxy groups -OCH3 is 1.